The number of aromatic nitrogens is 2. The van der Waals surface area contributed by atoms with Gasteiger partial charge in [0.05, 0.1) is 71.2 Å². The molecule has 7 aliphatic heterocycles. The Balaban J connectivity index is 0.740. The number of carbonyl (C=O) groups excluding carboxylic acids is 1. The Labute approximate surface area is 497 Å². The maximum Gasteiger partial charge on any atom is 0.297 e. The molecule has 23 heteroatoms. The first-order valence-corrected chi connectivity index (χ1v) is 31.6. The third-order valence-corrected chi connectivity index (χ3v) is 20.6. The molecule has 8 aliphatic rings. The van der Waals surface area contributed by atoms with E-state index in [0.717, 1.165) is 98.7 Å². The minimum absolute atomic E-state index is 0.00652. The zero-order valence-corrected chi connectivity index (χ0v) is 49.0. The number of fused-ring (bicyclic) bond motifs is 5. The van der Waals surface area contributed by atoms with Crippen molar-refractivity contribution in [3.63, 3.8) is 0 Å². The number of carbonyl (C=O) groups is 1. The topological polar surface area (TPSA) is 215 Å². The summed E-state index contributed by atoms with van der Waals surface area (Å²) in [6.07, 6.45) is 7.31. The fraction of sp³-hybridized carbons (Fsp3) is 0.484. The normalized spacial score (nSPS) is 24.5. The molecule has 20 nitrogen and oxygen atoms in total. The van der Waals surface area contributed by atoms with E-state index in [1.54, 1.807) is 12.3 Å². The van der Waals surface area contributed by atoms with Crippen molar-refractivity contribution in [1.82, 2.24) is 24.5 Å². The summed E-state index contributed by atoms with van der Waals surface area (Å²) in [6, 6.07) is 22.9. The Morgan fingerprint density at radius 1 is 0.906 bits per heavy atom. The first kappa shape index (κ1) is 56.0. The number of hydrogen-bond acceptors (Lipinski definition) is 17. The Morgan fingerprint density at radius 2 is 1.72 bits per heavy atom. The number of aromatic amines is 1. The molecular formula is C62H69ClFN9O11S. The number of nitro benzene ring substituents is 1. The molecule has 4 aromatic carbocycles. The van der Waals surface area contributed by atoms with E-state index in [2.05, 4.69) is 52.8 Å². The highest BCUT2D eigenvalue weighted by molar-refractivity contribution is 7.90. The van der Waals surface area contributed by atoms with Gasteiger partial charge in [0, 0.05) is 104 Å². The molecule has 2 aromatic heterocycles. The summed E-state index contributed by atoms with van der Waals surface area (Å²) >= 11 is 6.48. The lowest BCUT2D eigenvalue weighted by molar-refractivity contribution is -0.384. The third kappa shape index (κ3) is 10.6. The number of rotatable bonds is 12. The van der Waals surface area contributed by atoms with Crippen LogP contribution in [0.4, 0.5) is 32.8 Å². The number of nitrogens with zero attached hydrogens (tertiary/aromatic N) is 6. The predicted octanol–water partition coefficient (Wildman–Crippen LogP) is 9.84. The van der Waals surface area contributed by atoms with Gasteiger partial charge in [-0.3, -0.25) is 24.7 Å². The summed E-state index contributed by atoms with van der Waals surface area (Å²) in [5.74, 6) is 0.118. The van der Waals surface area contributed by atoms with Crippen LogP contribution in [0.3, 0.4) is 0 Å². The SMILES string of the molecule is CC(C)Oc1ccccc1[C@@H]1CN([C@H]2COCc3c(F)cc(Cl)cc32)CCN1C1CC2(CCN(c3ccc(C(=O)NS(=O)(=O)c4cc5c(c([N+](=O)[O-])c4)N[C@H](C4CCOCC4)CO5)c(N4c5cc6cc[nH]c6nc5O[C@H]5COCC[C@@H]54)c3)CC2)C1. The van der Waals surface area contributed by atoms with Crippen LogP contribution in [-0.4, -0.2) is 142 Å². The summed E-state index contributed by atoms with van der Waals surface area (Å²) < 4.78 is 83.2. The Kier molecular flexibility index (Phi) is 14.8. The number of para-hydroxylation sites is 1. The van der Waals surface area contributed by atoms with Gasteiger partial charge in [0.2, 0.25) is 5.88 Å². The minimum Gasteiger partial charge on any atom is -0.491 e. The quantitative estimate of drug-likeness (QED) is 0.0768. The van der Waals surface area contributed by atoms with E-state index in [9.17, 15) is 23.3 Å². The first-order chi connectivity index (χ1) is 41.2. The van der Waals surface area contributed by atoms with E-state index in [4.69, 9.17) is 45.0 Å². The molecule has 4 saturated heterocycles. The number of anilines is 4. The van der Waals surface area contributed by atoms with Crippen LogP contribution < -0.4 is 34.0 Å². The molecule has 0 unspecified atom stereocenters. The molecular weight excluding hydrogens is 1130 g/mol. The number of H-pyrrole nitrogens is 1. The molecule has 5 fully saturated rings. The number of piperazine rings is 1. The summed E-state index contributed by atoms with van der Waals surface area (Å²) in [5, 5.41) is 17.1. The van der Waals surface area contributed by atoms with Gasteiger partial charge in [-0.25, -0.2) is 17.5 Å². The second-order valence-electron chi connectivity index (χ2n) is 24.4. The van der Waals surface area contributed by atoms with E-state index in [0.29, 0.717) is 78.9 Å². The van der Waals surface area contributed by atoms with Crippen LogP contribution in [0, 0.1) is 27.3 Å². The average molecular weight is 1200 g/mol. The van der Waals surface area contributed by atoms with Gasteiger partial charge >= 0.3 is 0 Å². The monoisotopic (exact) mass is 1200 g/mol. The number of halogens is 2. The molecule has 3 N–H and O–H groups in total. The van der Waals surface area contributed by atoms with Crippen molar-refractivity contribution in [2.24, 2.45) is 11.3 Å². The molecule has 1 saturated carbocycles. The van der Waals surface area contributed by atoms with E-state index < -0.39 is 37.5 Å². The number of hydrogen-bond donors (Lipinski definition) is 3. The molecule has 1 aliphatic carbocycles. The molecule has 9 heterocycles. The van der Waals surface area contributed by atoms with Gasteiger partial charge in [-0.1, -0.05) is 29.8 Å². The fourth-order valence-electron chi connectivity index (χ4n) is 14.7. The molecule has 0 radical (unpaired) electrons. The second-order valence-corrected chi connectivity index (χ2v) is 26.5. The van der Waals surface area contributed by atoms with Crippen molar-refractivity contribution in [1.29, 1.82) is 0 Å². The molecule has 1 spiro atoms. The largest absolute Gasteiger partial charge is 0.491 e. The number of amides is 1. The van der Waals surface area contributed by atoms with Gasteiger partial charge in [0.25, 0.3) is 21.6 Å². The van der Waals surface area contributed by atoms with Crippen LogP contribution >= 0.6 is 11.6 Å². The molecule has 14 rings (SSSR count). The van der Waals surface area contributed by atoms with E-state index >= 15 is 4.39 Å². The fourth-order valence-corrected chi connectivity index (χ4v) is 15.9. The van der Waals surface area contributed by atoms with Gasteiger partial charge < -0.3 is 48.5 Å². The molecule has 448 valence electrons. The maximum atomic E-state index is 15.3. The summed E-state index contributed by atoms with van der Waals surface area (Å²) in [5.41, 5.74) is 4.97. The number of piperidine rings is 1. The number of benzene rings is 4. The maximum absolute atomic E-state index is 15.3. The number of pyridine rings is 1. The van der Waals surface area contributed by atoms with E-state index in [1.807, 2.05) is 50.2 Å². The first-order valence-electron chi connectivity index (χ1n) is 29.7. The standard InChI is InChI=1S/C62H69ClFN9O11S/c1-36(2)83-55-6-4-3-5-43(55)53-31-70(54-34-81-32-46-45(54)24-39(63)25-47(46)64)18-19-71(53)41-29-62(30-41)13-16-69(17-14-62)40-7-8-44(50(26-40)72-49-12-22-80-35-57(49)84-61-52(72)23-38-9-15-65-59(38)67-61)60(74)68-85(77,78)42-27-51(73(75)76)58-56(28-42)82-33-48(66-58)37-10-20-79-21-11-37/h3-9,15,23-28,36-37,41,48-49,53-54,57,66H,10-14,16-22,29-35H2,1-2H3,(H,65,67)(H,68,74)/t48-,49-,53-,54-,57-/m0/s1. The van der Waals surface area contributed by atoms with Crippen molar-refractivity contribution in [2.75, 3.05) is 87.5 Å². The van der Waals surface area contributed by atoms with Gasteiger partial charge in [-0.05, 0) is 124 Å². The Hall–Kier alpha value is -6.79. The lowest BCUT2D eigenvalue weighted by Crippen LogP contribution is -2.60. The Bertz CT molecular complexity index is 3680. The van der Waals surface area contributed by atoms with Gasteiger partial charge in [0.1, 0.15) is 35.6 Å². The van der Waals surface area contributed by atoms with Crippen LogP contribution in [0.2, 0.25) is 5.02 Å². The van der Waals surface area contributed by atoms with Crippen LogP contribution in [0.25, 0.3) is 11.0 Å². The second kappa shape index (κ2) is 22.5. The molecule has 85 heavy (non-hydrogen) atoms. The molecule has 0 bridgehead atoms. The average Bonchev–Trinajstić information content (AvgIpc) is 2.87. The molecule has 5 atom stereocenters. The zero-order chi connectivity index (χ0) is 58.3. The number of nitrogens with one attached hydrogen (secondary N) is 3. The van der Waals surface area contributed by atoms with Gasteiger partial charge in [-0.15, -0.1) is 0 Å². The number of sulfonamides is 1. The number of ether oxygens (including phenoxy) is 6. The lowest BCUT2D eigenvalue weighted by atomic mass is 9.59. The Morgan fingerprint density at radius 3 is 2.53 bits per heavy atom. The molecule has 6 aromatic rings. The van der Waals surface area contributed by atoms with Crippen molar-refractivity contribution < 1.29 is 50.9 Å². The van der Waals surface area contributed by atoms with Crippen molar-refractivity contribution in [3.05, 3.63) is 128 Å². The highest BCUT2D eigenvalue weighted by Crippen LogP contribution is 2.55. The smallest absolute Gasteiger partial charge is 0.297 e. The molecule has 1 amide bonds. The van der Waals surface area contributed by atoms with Crippen molar-refractivity contribution >= 4 is 67.0 Å². The number of nitro groups is 1. The highest BCUT2D eigenvalue weighted by Gasteiger charge is 2.51. The van der Waals surface area contributed by atoms with E-state index in [-0.39, 0.29) is 84.2 Å². The highest BCUT2D eigenvalue weighted by atomic mass is 35.5. The lowest BCUT2D eigenvalue weighted by Gasteiger charge is -2.58. The third-order valence-electron chi connectivity index (χ3n) is 19.1. The van der Waals surface area contributed by atoms with Crippen LogP contribution in [0.15, 0.2) is 90.0 Å². The van der Waals surface area contributed by atoms with Crippen molar-refractivity contribution in [3.8, 4) is 17.4 Å². The summed E-state index contributed by atoms with van der Waals surface area (Å²) in [6.45, 7) is 10.6. The van der Waals surface area contributed by atoms with Gasteiger partial charge in [-0.2, -0.15) is 4.98 Å². The summed E-state index contributed by atoms with van der Waals surface area (Å²) in [7, 11) is -4.74. The minimum atomic E-state index is -4.74. The van der Waals surface area contributed by atoms with Gasteiger partial charge in [0.15, 0.2) is 11.4 Å². The van der Waals surface area contributed by atoms with Crippen LogP contribution in [0.5, 0.6) is 17.4 Å². The predicted molar refractivity (Wildman–Crippen MR) is 316 cm³/mol. The summed E-state index contributed by atoms with van der Waals surface area (Å²) in [4.78, 5) is 44.0. The van der Waals surface area contributed by atoms with Crippen LogP contribution in [-0.2, 0) is 30.8 Å². The van der Waals surface area contributed by atoms with Crippen LogP contribution in [0.1, 0.15) is 97.9 Å². The van der Waals surface area contributed by atoms with E-state index in [1.165, 1.54) is 12.1 Å². The zero-order valence-electron chi connectivity index (χ0n) is 47.5. The van der Waals surface area contributed by atoms with Crippen molar-refractivity contribution in [2.45, 2.75) is 113 Å².